The highest BCUT2D eigenvalue weighted by molar-refractivity contribution is 5.97. The third-order valence-electron chi connectivity index (χ3n) is 4.86. The monoisotopic (exact) mass is 358 g/mol. The lowest BCUT2D eigenvalue weighted by atomic mass is 10.2. The van der Waals surface area contributed by atoms with Gasteiger partial charge in [-0.2, -0.15) is 0 Å². The molecular formula is C19H26N4O3. The minimum atomic E-state index is -0.135. The fourth-order valence-corrected chi connectivity index (χ4v) is 3.36. The lowest BCUT2D eigenvalue weighted by molar-refractivity contribution is -0.130. The molecule has 2 N–H and O–H groups in total. The summed E-state index contributed by atoms with van der Waals surface area (Å²) in [7, 11) is 0. The van der Waals surface area contributed by atoms with Gasteiger partial charge in [0.25, 0.3) is 5.91 Å². The summed E-state index contributed by atoms with van der Waals surface area (Å²) in [5.41, 5.74) is 1.36. The molecule has 0 atom stereocenters. The number of rotatable bonds is 6. The van der Waals surface area contributed by atoms with Gasteiger partial charge in [0.2, 0.25) is 5.91 Å². The number of nitrogens with one attached hydrogen (secondary N) is 2. The molecule has 2 aliphatic heterocycles. The predicted octanol–water partition coefficient (Wildman–Crippen LogP) is 1.74. The third-order valence-corrected chi connectivity index (χ3v) is 4.86. The Labute approximate surface area is 153 Å². The summed E-state index contributed by atoms with van der Waals surface area (Å²) >= 11 is 0. The average Bonchev–Trinajstić information content (AvgIpc) is 2.97. The Morgan fingerprint density at radius 3 is 2.62 bits per heavy atom. The lowest BCUT2D eigenvalue weighted by Gasteiger charge is -2.20. The van der Waals surface area contributed by atoms with E-state index in [0.29, 0.717) is 38.2 Å². The molecule has 0 bridgehead atoms. The molecule has 2 saturated heterocycles. The molecule has 2 heterocycles. The van der Waals surface area contributed by atoms with Crippen LogP contribution < -0.4 is 15.5 Å². The quantitative estimate of drug-likeness (QED) is 0.760. The highest BCUT2D eigenvalue weighted by Gasteiger charge is 2.21. The molecule has 2 fully saturated rings. The van der Waals surface area contributed by atoms with Gasteiger partial charge in [-0.05, 0) is 43.5 Å². The Morgan fingerprint density at radius 2 is 1.88 bits per heavy atom. The highest BCUT2D eigenvalue weighted by Crippen LogP contribution is 2.17. The molecule has 140 valence electrons. The van der Waals surface area contributed by atoms with Crippen LogP contribution in [0, 0.1) is 0 Å². The van der Waals surface area contributed by atoms with Crippen LogP contribution in [-0.4, -0.2) is 55.5 Å². The van der Waals surface area contributed by atoms with Crippen molar-refractivity contribution in [2.75, 3.05) is 37.6 Å². The maximum absolute atomic E-state index is 12.2. The molecule has 0 aliphatic carbocycles. The largest absolute Gasteiger partial charge is 0.352 e. The molecule has 0 aromatic heterocycles. The van der Waals surface area contributed by atoms with E-state index in [1.165, 1.54) is 0 Å². The van der Waals surface area contributed by atoms with Crippen molar-refractivity contribution in [3.63, 3.8) is 0 Å². The summed E-state index contributed by atoms with van der Waals surface area (Å²) in [6.07, 6.45) is 4.58. The molecule has 0 saturated carbocycles. The van der Waals surface area contributed by atoms with E-state index in [4.69, 9.17) is 0 Å². The number of amides is 4. The molecule has 7 nitrogen and oxygen atoms in total. The normalized spacial score (nSPS) is 17.8. The zero-order valence-corrected chi connectivity index (χ0v) is 15.0. The van der Waals surface area contributed by atoms with Crippen molar-refractivity contribution in [1.29, 1.82) is 0 Å². The molecule has 1 aromatic carbocycles. The maximum atomic E-state index is 12.2. The second-order valence-electron chi connectivity index (χ2n) is 6.73. The van der Waals surface area contributed by atoms with E-state index in [9.17, 15) is 14.4 Å². The van der Waals surface area contributed by atoms with Gasteiger partial charge in [-0.15, -0.1) is 0 Å². The fraction of sp³-hybridized carbons (Fsp3) is 0.526. The van der Waals surface area contributed by atoms with E-state index < -0.39 is 0 Å². The molecule has 7 heteroatoms. The lowest BCUT2D eigenvalue weighted by Crippen LogP contribution is -2.34. The molecule has 2 aliphatic rings. The van der Waals surface area contributed by atoms with Crippen LogP contribution in [0.15, 0.2) is 24.3 Å². The number of urea groups is 1. The van der Waals surface area contributed by atoms with Crippen LogP contribution in [0.25, 0.3) is 0 Å². The van der Waals surface area contributed by atoms with Crippen molar-refractivity contribution in [1.82, 2.24) is 15.5 Å². The smallest absolute Gasteiger partial charge is 0.321 e. The SMILES string of the molecule is O=C(NCCCN1CCCCCC1=O)c1ccc(N2CCNC2=O)cc1. The van der Waals surface area contributed by atoms with Crippen molar-refractivity contribution in [3.05, 3.63) is 29.8 Å². The Morgan fingerprint density at radius 1 is 1.08 bits per heavy atom. The predicted molar refractivity (Wildman–Crippen MR) is 99.2 cm³/mol. The van der Waals surface area contributed by atoms with E-state index in [0.717, 1.165) is 37.9 Å². The second kappa shape index (κ2) is 8.69. The van der Waals surface area contributed by atoms with Gasteiger partial charge in [0, 0.05) is 50.4 Å². The van der Waals surface area contributed by atoms with E-state index >= 15 is 0 Å². The second-order valence-corrected chi connectivity index (χ2v) is 6.73. The zero-order valence-electron chi connectivity index (χ0n) is 15.0. The van der Waals surface area contributed by atoms with Gasteiger partial charge in [0.15, 0.2) is 0 Å². The Hall–Kier alpha value is -2.57. The van der Waals surface area contributed by atoms with E-state index in [-0.39, 0.29) is 17.8 Å². The van der Waals surface area contributed by atoms with Crippen molar-refractivity contribution in [3.8, 4) is 0 Å². The zero-order chi connectivity index (χ0) is 18.4. The number of benzene rings is 1. The topological polar surface area (TPSA) is 81.8 Å². The first-order chi connectivity index (χ1) is 12.6. The molecule has 26 heavy (non-hydrogen) atoms. The number of likely N-dealkylation sites (tertiary alicyclic amines) is 1. The standard InChI is InChI=1S/C19H26N4O3/c24-17-5-2-1-3-12-22(17)13-4-10-20-18(25)15-6-8-16(9-7-15)23-14-11-21-19(23)26/h6-9H,1-5,10-14H2,(H,20,25)(H,21,26). The molecule has 1 aromatic rings. The molecule has 4 amide bonds. The van der Waals surface area contributed by atoms with Crippen LogP contribution in [0.2, 0.25) is 0 Å². The summed E-state index contributed by atoms with van der Waals surface area (Å²) in [5.74, 6) is 0.0972. The molecule has 3 rings (SSSR count). The molecule has 0 radical (unpaired) electrons. The van der Waals surface area contributed by atoms with E-state index in [1.807, 2.05) is 4.90 Å². The minimum absolute atomic E-state index is 0.106. The van der Waals surface area contributed by atoms with Crippen LogP contribution in [0.3, 0.4) is 0 Å². The van der Waals surface area contributed by atoms with Gasteiger partial charge in [-0.1, -0.05) is 6.42 Å². The van der Waals surface area contributed by atoms with Crippen molar-refractivity contribution in [2.24, 2.45) is 0 Å². The summed E-state index contributed by atoms with van der Waals surface area (Å²) in [6.45, 7) is 3.35. The van der Waals surface area contributed by atoms with Gasteiger partial charge in [-0.25, -0.2) is 4.79 Å². The number of anilines is 1. The van der Waals surface area contributed by atoms with Crippen molar-refractivity contribution < 1.29 is 14.4 Å². The van der Waals surface area contributed by atoms with E-state index in [1.54, 1.807) is 29.2 Å². The van der Waals surface area contributed by atoms with Crippen LogP contribution >= 0.6 is 0 Å². The van der Waals surface area contributed by atoms with Gasteiger partial charge >= 0.3 is 6.03 Å². The summed E-state index contributed by atoms with van der Waals surface area (Å²) in [4.78, 5) is 39.4. The van der Waals surface area contributed by atoms with Gasteiger partial charge < -0.3 is 15.5 Å². The number of hydrogen-bond acceptors (Lipinski definition) is 3. The maximum Gasteiger partial charge on any atom is 0.321 e. The molecular weight excluding hydrogens is 332 g/mol. The first-order valence-corrected chi connectivity index (χ1v) is 9.36. The van der Waals surface area contributed by atoms with E-state index in [2.05, 4.69) is 10.6 Å². The third kappa shape index (κ3) is 4.53. The number of nitrogens with zero attached hydrogens (tertiary/aromatic N) is 2. The van der Waals surface area contributed by atoms with Gasteiger partial charge in [-0.3, -0.25) is 14.5 Å². The average molecular weight is 358 g/mol. The Balaban J connectivity index is 1.43. The summed E-state index contributed by atoms with van der Waals surface area (Å²) in [5, 5.41) is 5.65. The minimum Gasteiger partial charge on any atom is -0.352 e. The van der Waals surface area contributed by atoms with Crippen LogP contribution in [-0.2, 0) is 4.79 Å². The molecule has 0 unspecified atom stereocenters. The Kier molecular flexibility index (Phi) is 6.09. The molecule has 0 spiro atoms. The Bertz CT molecular complexity index is 659. The van der Waals surface area contributed by atoms with Gasteiger partial charge in [0.05, 0.1) is 0 Å². The van der Waals surface area contributed by atoms with Crippen LogP contribution in [0.1, 0.15) is 42.5 Å². The number of hydrogen-bond donors (Lipinski definition) is 2. The number of carbonyl (C=O) groups is 3. The first kappa shape index (κ1) is 18.2. The summed E-state index contributed by atoms with van der Waals surface area (Å²) < 4.78 is 0. The van der Waals surface area contributed by atoms with Crippen LogP contribution in [0.5, 0.6) is 0 Å². The van der Waals surface area contributed by atoms with Crippen molar-refractivity contribution in [2.45, 2.75) is 32.1 Å². The summed E-state index contributed by atoms with van der Waals surface area (Å²) in [6, 6.07) is 6.93. The van der Waals surface area contributed by atoms with Crippen molar-refractivity contribution >= 4 is 23.5 Å². The van der Waals surface area contributed by atoms with Crippen LogP contribution in [0.4, 0.5) is 10.5 Å². The first-order valence-electron chi connectivity index (χ1n) is 9.36. The van der Waals surface area contributed by atoms with Gasteiger partial charge in [0.1, 0.15) is 0 Å². The fourth-order valence-electron chi connectivity index (χ4n) is 3.36. The number of carbonyl (C=O) groups excluding carboxylic acids is 3. The highest BCUT2D eigenvalue weighted by atomic mass is 16.2.